The molecule has 0 radical (unpaired) electrons. The standard InChI is InChI=1S/C26H33ClN6O2/c1-17(2)23(26(35)33-14-12-19(13-15-33)18-8-10-22(27)11-9-18)30-25(34)21-7-5-6-20(16-21)24(28)31-32(4)29-3/h5-11,16-17,19,23H,3,12-15H2,1-2,4H3,(H2,28,31)(H,30,34)/t23-/m1/s1. The van der Waals surface area contributed by atoms with Crippen molar-refractivity contribution in [1.82, 2.24) is 15.3 Å². The minimum absolute atomic E-state index is 0.0566. The van der Waals surface area contributed by atoms with Gasteiger partial charge in [0.25, 0.3) is 5.91 Å². The zero-order valence-corrected chi connectivity index (χ0v) is 21.2. The van der Waals surface area contributed by atoms with Gasteiger partial charge in [-0.25, -0.2) is 0 Å². The molecule has 1 saturated heterocycles. The Hall–Kier alpha value is -3.39. The van der Waals surface area contributed by atoms with Gasteiger partial charge in [0.05, 0.1) is 0 Å². The number of nitrogens with one attached hydrogen (secondary N) is 1. The van der Waals surface area contributed by atoms with Crippen LogP contribution in [-0.2, 0) is 4.79 Å². The van der Waals surface area contributed by atoms with Crippen LogP contribution in [0.25, 0.3) is 0 Å². The van der Waals surface area contributed by atoms with Gasteiger partial charge in [-0.05, 0) is 54.5 Å². The van der Waals surface area contributed by atoms with Gasteiger partial charge in [0.15, 0.2) is 5.84 Å². The Morgan fingerprint density at radius 3 is 2.37 bits per heavy atom. The Balaban J connectivity index is 1.66. The normalized spacial score (nSPS) is 15.6. The maximum atomic E-state index is 13.4. The van der Waals surface area contributed by atoms with Crippen molar-refractivity contribution in [3.8, 4) is 0 Å². The molecule has 1 aliphatic rings. The number of carbonyl (C=O) groups is 2. The molecule has 0 aliphatic carbocycles. The third kappa shape index (κ3) is 6.82. The third-order valence-electron chi connectivity index (χ3n) is 6.25. The van der Waals surface area contributed by atoms with Gasteiger partial charge in [-0.15, -0.1) is 5.10 Å². The zero-order chi connectivity index (χ0) is 25.5. The summed E-state index contributed by atoms with van der Waals surface area (Å²) in [6, 6.07) is 14.1. The fourth-order valence-corrected chi connectivity index (χ4v) is 4.29. The van der Waals surface area contributed by atoms with Crippen molar-refractivity contribution < 1.29 is 9.59 Å². The van der Waals surface area contributed by atoms with E-state index in [2.05, 4.69) is 34.4 Å². The Bertz CT molecular complexity index is 1080. The van der Waals surface area contributed by atoms with E-state index in [1.807, 2.05) is 30.9 Å². The van der Waals surface area contributed by atoms with Gasteiger partial charge in [-0.1, -0.05) is 49.7 Å². The number of hydrogen-bond donors (Lipinski definition) is 2. The SMILES string of the molecule is C=NN(C)/N=C(\N)c1cccc(C(=O)N[C@@H](C(=O)N2CCC(c3ccc(Cl)cc3)CC2)C(C)C)c1. The summed E-state index contributed by atoms with van der Waals surface area (Å²) in [5, 5.41) is 12.6. The van der Waals surface area contributed by atoms with Crippen LogP contribution in [0.3, 0.4) is 0 Å². The number of likely N-dealkylation sites (tertiary alicyclic amines) is 1. The second-order valence-electron chi connectivity index (χ2n) is 9.04. The molecular weight excluding hydrogens is 464 g/mol. The molecule has 1 atom stereocenters. The summed E-state index contributed by atoms with van der Waals surface area (Å²) < 4.78 is 0. The van der Waals surface area contributed by atoms with Crippen molar-refractivity contribution in [1.29, 1.82) is 0 Å². The third-order valence-corrected chi connectivity index (χ3v) is 6.50. The van der Waals surface area contributed by atoms with Crippen LogP contribution >= 0.6 is 11.6 Å². The summed E-state index contributed by atoms with van der Waals surface area (Å²) in [7, 11) is 1.60. The molecule has 2 amide bonds. The van der Waals surface area contributed by atoms with Gasteiger partial charge in [-0.3, -0.25) is 9.59 Å². The van der Waals surface area contributed by atoms with Gasteiger partial charge in [-0.2, -0.15) is 10.2 Å². The number of nitrogens with zero attached hydrogens (tertiary/aromatic N) is 4. The van der Waals surface area contributed by atoms with Gasteiger partial charge < -0.3 is 16.0 Å². The van der Waals surface area contributed by atoms with Crippen LogP contribution in [0.2, 0.25) is 5.02 Å². The van der Waals surface area contributed by atoms with Crippen LogP contribution in [0.15, 0.2) is 58.7 Å². The number of hydrogen-bond acceptors (Lipinski definition) is 5. The van der Waals surface area contributed by atoms with E-state index in [0.717, 1.165) is 17.9 Å². The molecule has 2 aromatic rings. The van der Waals surface area contributed by atoms with Crippen LogP contribution in [-0.4, -0.2) is 60.6 Å². The van der Waals surface area contributed by atoms with Crippen molar-refractivity contribution in [2.24, 2.45) is 21.9 Å². The Morgan fingerprint density at radius 1 is 1.14 bits per heavy atom. The molecule has 0 unspecified atom stereocenters. The lowest BCUT2D eigenvalue weighted by Gasteiger charge is -2.35. The molecule has 9 heteroatoms. The van der Waals surface area contributed by atoms with Crippen molar-refractivity contribution in [2.75, 3.05) is 20.1 Å². The number of carbonyl (C=O) groups excluding carboxylic acids is 2. The van der Waals surface area contributed by atoms with Crippen molar-refractivity contribution in [2.45, 2.75) is 38.6 Å². The first-order valence-electron chi connectivity index (χ1n) is 11.7. The first kappa shape index (κ1) is 26.2. The number of hydrazone groups is 2. The Labute approximate surface area is 211 Å². The summed E-state index contributed by atoms with van der Waals surface area (Å²) >= 11 is 6.01. The zero-order valence-electron chi connectivity index (χ0n) is 20.4. The van der Waals surface area contributed by atoms with E-state index < -0.39 is 6.04 Å². The molecular formula is C26H33ClN6O2. The molecule has 186 valence electrons. The smallest absolute Gasteiger partial charge is 0.251 e. The fourth-order valence-electron chi connectivity index (χ4n) is 4.17. The van der Waals surface area contributed by atoms with E-state index in [9.17, 15) is 9.59 Å². The van der Waals surface area contributed by atoms with Crippen LogP contribution in [0, 0.1) is 5.92 Å². The predicted molar refractivity (Wildman–Crippen MR) is 141 cm³/mol. The minimum atomic E-state index is -0.625. The van der Waals surface area contributed by atoms with Gasteiger partial charge in [0.1, 0.15) is 6.04 Å². The summed E-state index contributed by atoms with van der Waals surface area (Å²) in [6.07, 6.45) is 1.75. The number of piperidine rings is 1. The number of amides is 2. The van der Waals surface area contributed by atoms with E-state index >= 15 is 0 Å². The number of amidine groups is 1. The van der Waals surface area contributed by atoms with E-state index in [-0.39, 0.29) is 23.6 Å². The van der Waals surface area contributed by atoms with Crippen molar-refractivity contribution in [3.63, 3.8) is 0 Å². The highest BCUT2D eigenvalue weighted by atomic mass is 35.5. The molecule has 35 heavy (non-hydrogen) atoms. The lowest BCUT2D eigenvalue weighted by atomic mass is 9.89. The van der Waals surface area contributed by atoms with Crippen molar-refractivity contribution in [3.05, 3.63) is 70.2 Å². The van der Waals surface area contributed by atoms with E-state index in [1.165, 1.54) is 10.7 Å². The van der Waals surface area contributed by atoms with Gasteiger partial charge in [0, 0.05) is 43.0 Å². The van der Waals surface area contributed by atoms with E-state index in [4.69, 9.17) is 17.3 Å². The quantitative estimate of drug-likeness (QED) is 0.330. The second kappa shape index (κ2) is 11.8. The average Bonchev–Trinajstić information content (AvgIpc) is 2.87. The highest BCUT2D eigenvalue weighted by Gasteiger charge is 2.31. The van der Waals surface area contributed by atoms with E-state index in [1.54, 1.807) is 31.3 Å². The largest absolute Gasteiger partial charge is 0.382 e. The summed E-state index contributed by atoms with van der Waals surface area (Å²) in [6.45, 7) is 8.56. The van der Waals surface area contributed by atoms with Crippen LogP contribution < -0.4 is 11.1 Å². The molecule has 2 aromatic carbocycles. The number of benzene rings is 2. The lowest BCUT2D eigenvalue weighted by Crippen LogP contribution is -2.52. The molecule has 3 rings (SSSR count). The molecule has 1 fully saturated rings. The molecule has 1 heterocycles. The van der Waals surface area contributed by atoms with Gasteiger partial charge >= 0.3 is 0 Å². The van der Waals surface area contributed by atoms with Crippen LogP contribution in [0.1, 0.15) is 54.1 Å². The average molecular weight is 497 g/mol. The van der Waals surface area contributed by atoms with E-state index in [0.29, 0.717) is 30.1 Å². The predicted octanol–water partition coefficient (Wildman–Crippen LogP) is 3.67. The monoisotopic (exact) mass is 496 g/mol. The molecule has 0 saturated carbocycles. The summed E-state index contributed by atoms with van der Waals surface area (Å²) in [5.41, 5.74) is 8.23. The molecule has 0 aromatic heterocycles. The molecule has 3 N–H and O–H groups in total. The first-order chi connectivity index (χ1) is 16.7. The molecule has 1 aliphatic heterocycles. The lowest BCUT2D eigenvalue weighted by molar-refractivity contribution is -0.135. The Kier molecular flexibility index (Phi) is 8.87. The number of nitrogens with two attached hydrogens (primary N) is 1. The first-order valence-corrected chi connectivity index (χ1v) is 12.1. The topological polar surface area (TPSA) is 103 Å². The van der Waals surface area contributed by atoms with Crippen LogP contribution in [0.5, 0.6) is 0 Å². The highest BCUT2D eigenvalue weighted by molar-refractivity contribution is 6.30. The van der Waals surface area contributed by atoms with Crippen LogP contribution in [0.4, 0.5) is 0 Å². The fraction of sp³-hybridized carbons (Fsp3) is 0.385. The van der Waals surface area contributed by atoms with Gasteiger partial charge in [0.2, 0.25) is 5.91 Å². The Morgan fingerprint density at radius 2 is 1.77 bits per heavy atom. The second-order valence-corrected chi connectivity index (χ2v) is 9.48. The molecule has 8 nitrogen and oxygen atoms in total. The minimum Gasteiger partial charge on any atom is -0.382 e. The molecule has 0 bridgehead atoms. The maximum absolute atomic E-state index is 13.4. The number of rotatable bonds is 8. The number of halogens is 1. The maximum Gasteiger partial charge on any atom is 0.251 e. The summed E-state index contributed by atoms with van der Waals surface area (Å²) in [5.74, 6) is 0.141. The summed E-state index contributed by atoms with van der Waals surface area (Å²) in [4.78, 5) is 28.3. The molecule has 0 spiro atoms. The van der Waals surface area contributed by atoms with Crippen molar-refractivity contribution >= 4 is 36.0 Å². The highest BCUT2D eigenvalue weighted by Crippen LogP contribution is 2.29.